The number of benzene rings is 2. The highest BCUT2D eigenvalue weighted by Crippen LogP contribution is 2.47. The summed E-state index contributed by atoms with van der Waals surface area (Å²) in [6.07, 6.45) is 0.679. The lowest BCUT2D eigenvalue weighted by Gasteiger charge is -2.28. The third-order valence-corrected chi connectivity index (χ3v) is 5.18. The number of aliphatic hydroxyl groups is 1. The molecule has 5 rings (SSSR count). The van der Waals surface area contributed by atoms with Crippen molar-refractivity contribution in [2.45, 2.75) is 12.2 Å². The fourth-order valence-corrected chi connectivity index (χ4v) is 3.90. The van der Waals surface area contributed by atoms with Gasteiger partial charge in [-0.25, -0.2) is 4.79 Å². The van der Waals surface area contributed by atoms with Gasteiger partial charge in [0.15, 0.2) is 23.0 Å². The van der Waals surface area contributed by atoms with E-state index in [0.717, 1.165) is 5.56 Å². The van der Waals surface area contributed by atoms with Gasteiger partial charge in [-0.3, -0.25) is 4.99 Å². The minimum Gasteiger partial charge on any atom is -0.493 e. The second kappa shape index (κ2) is 5.87. The van der Waals surface area contributed by atoms with Gasteiger partial charge in [-0.2, -0.15) is 0 Å². The number of aliphatic imine (C=N–C) groups is 1. The number of cyclic esters (lactones) is 1. The molecule has 0 fully saturated rings. The summed E-state index contributed by atoms with van der Waals surface area (Å²) in [5, 5.41) is 11.5. The Balaban J connectivity index is 1.69. The second-order valence-corrected chi connectivity index (χ2v) is 6.60. The molecule has 1 N–H and O–H groups in total. The maximum atomic E-state index is 12.7. The Hall–Kier alpha value is -3.26. The van der Waals surface area contributed by atoms with Crippen molar-refractivity contribution < 1.29 is 33.6 Å². The van der Waals surface area contributed by atoms with E-state index in [4.69, 9.17) is 23.7 Å². The van der Waals surface area contributed by atoms with E-state index in [-0.39, 0.29) is 29.4 Å². The molecule has 0 amide bonds. The summed E-state index contributed by atoms with van der Waals surface area (Å²) in [6.45, 7) is 0.592. The number of methoxy groups -OCH3 is 2. The van der Waals surface area contributed by atoms with Crippen LogP contribution in [0.5, 0.6) is 23.0 Å². The average Bonchev–Trinajstić information content (AvgIpc) is 3.27. The molecule has 0 saturated heterocycles. The molecule has 3 heterocycles. The molecule has 0 spiro atoms. The zero-order valence-electron chi connectivity index (χ0n) is 15.3. The zero-order valence-corrected chi connectivity index (χ0v) is 15.3. The number of esters is 1. The van der Waals surface area contributed by atoms with E-state index in [1.807, 2.05) is 6.07 Å². The van der Waals surface area contributed by atoms with Gasteiger partial charge >= 0.3 is 5.97 Å². The third kappa shape index (κ3) is 2.15. The third-order valence-electron chi connectivity index (χ3n) is 5.18. The van der Waals surface area contributed by atoms with Gasteiger partial charge in [0, 0.05) is 17.7 Å². The maximum Gasteiger partial charge on any atom is 0.345 e. The van der Waals surface area contributed by atoms with Crippen LogP contribution >= 0.6 is 0 Å². The first kappa shape index (κ1) is 16.9. The Labute approximate surface area is 160 Å². The predicted octanol–water partition coefficient (Wildman–Crippen LogP) is 1.79. The van der Waals surface area contributed by atoms with Crippen LogP contribution in [0.4, 0.5) is 0 Å². The highest BCUT2D eigenvalue weighted by molar-refractivity contribution is 6.13. The lowest BCUT2D eigenvalue weighted by molar-refractivity contribution is -0.106. The van der Waals surface area contributed by atoms with Crippen molar-refractivity contribution in [2.24, 2.45) is 4.99 Å². The smallest absolute Gasteiger partial charge is 0.345 e. The SMILES string of the molecule is COc1ccc2c(c1OC)C(=O)O[C@]2(O)C1=NCCc2cc3c(cc21)OCO3. The van der Waals surface area contributed by atoms with Gasteiger partial charge in [-0.05, 0) is 36.2 Å². The van der Waals surface area contributed by atoms with Gasteiger partial charge in [0.2, 0.25) is 6.79 Å². The van der Waals surface area contributed by atoms with E-state index in [1.54, 1.807) is 18.2 Å². The molecule has 0 aliphatic carbocycles. The molecule has 2 aromatic rings. The number of hydrogen-bond donors (Lipinski definition) is 1. The lowest BCUT2D eigenvalue weighted by Crippen LogP contribution is -2.38. The van der Waals surface area contributed by atoms with Crippen molar-refractivity contribution in [1.82, 2.24) is 0 Å². The number of nitrogens with zero attached hydrogens (tertiary/aromatic N) is 1. The summed E-state index contributed by atoms with van der Waals surface area (Å²) in [4.78, 5) is 17.2. The van der Waals surface area contributed by atoms with E-state index < -0.39 is 11.8 Å². The first-order valence-corrected chi connectivity index (χ1v) is 8.76. The second-order valence-electron chi connectivity index (χ2n) is 6.60. The average molecular weight is 383 g/mol. The predicted molar refractivity (Wildman–Crippen MR) is 96.5 cm³/mol. The standard InChI is InChI=1S/C20H17NO7/c1-24-13-4-3-12-16(17(13)25-2)19(22)28-20(12,23)18-11-8-15-14(26-9-27-15)7-10(11)5-6-21-18/h3-4,7-8,23H,5-6,9H2,1-2H3/t20-/m0/s1. The number of fused-ring (bicyclic) bond motifs is 3. The first-order chi connectivity index (χ1) is 13.6. The molecule has 2 aromatic carbocycles. The Bertz CT molecular complexity index is 1050. The van der Waals surface area contributed by atoms with Gasteiger partial charge in [-0.1, -0.05) is 0 Å². The van der Waals surface area contributed by atoms with E-state index in [0.29, 0.717) is 35.8 Å². The van der Waals surface area contributed by atoms with Crippen molar-refractivity contribution in [2.75, 3.05) is 27.6 Å². The highest BCUT2D eigenvalue weighted by atomic mass is 16.7. The maximum absolute atomic E-state index is 12.7. The van der Waals surface area contributed by atoms with E-state index >= 15 is 0 Å². The van der Waals surface area contributed by atoms with Gasteiger partial charge in [0.25, 0.3) is 5.79 Å². The molecule has 0 radical (unpaired) electrons. The molecular weight excluding hydrogens is 366 g/mol. The number of ether oxygens (including phenoxy) is 5. The van der Waals surface area contributed by atoms with Crippen LogP contribution in [0.25, 0.3) is 0 Å². The summed E-state index contributed by atoms with van der Waals surface area (Å²) < 4.78 is 27.0. The topological polar surface area (TPSA) is 95.8 Å². The zero-order chi connectivity index (χ0) is 19.5. The van der Waals surface area contributed by atoms with Crippen molar-refractivity contribution in [3.05, 3.63) is 46.5 Å². The summed E-state index contributed by atoms with van der Waals surface area (Å²) >= 11 is 0. The van der Waals surface area contributed by atoms with Crippen LogP contribution in [0.15, 0.2) is 29.3 Å². The molecule has 28 heavy (non-hydrogen) atoms. The molecule has 0 aromatic heterocycles. The summed E-state index contributed by atoms with van der Waals surface area (Å²) in [5.41, 5.74) is 2.24. The highest BCUT2D eigenvalue weighted by Gasteiger charge is 2.52. The van der Waals surface area contributed by atoms with Crippen molar-refractivity contribution in [3.8, 4) is 23.0 Å². The molecular formula is C20H17NO7. The van der Waals surface area contributed by atoms with Crippen LogP contribution in [0.1, 0.15) is 27.0 Å². The summed E-state index contributed by atoms with van der Waals surface area (Å²) in [6, 6.07) is 6.85. The molecule has 1 atom stereocenters. The first-order valence-electron chi connectivity index (χ1n) is 8.76. The number of carbonyl (C=O) groups is 1. The van der Waals surface area contributed by atoms with Crippen molar-refractivity contribution in [3.63, 3.8) is 0 Å². The quantitative estimate of drug-likeness (QED) is 0.808. The van der Waals surface area contributed by atoms with Crippen LogP contribution in [0.3, 0.4) is 0 Å². The van der Waals surface area contributed by atoms with E-state index in [9.17, 15) is 9.90 Å². The molecule has 0 saturated carbocycles. The van der Waals surface area contributed by atoms with E-state index in [1.165, 1.54) is 14.2 Å². The lowest BCUT2D eigenvalue weighted by atomic mass is 9.88. The molecule has 3 aliphatic rings. The van der Waals surface area contributed by atoms with Crippen LogP contribution in [-0.2, 0) is 16.9 Å². The van der Waals surface area contributed by atoms with Crippen LogP contribution in [0.2, 0.25) is 0 Å². The summed E-state index contributed by atoms with van der Waals surface area (Å²) in [7, 11) is 2.90. The normalized spacial score (nSPS) is 21.5. The molecule has 8 heteroatoms. The van der Waals surface area contributed by atoms with Crippen LogP contribution < -0.4 is 18.9 Å². The van der Waals surface area contributed by atoms with Crippen LogP contribution in [-0.4, -0.2) is 44.3 Å². The Kier molecular flexibility index (Phi) is 3.54. The van der Waals surface area contributed by atoms with Gasteiger partial charge in [0.05, 0.1) is 14.2 Å². The Morgan fingerprint density at radius 2 is 1.93 bits per heavy atom. The monoisotopic (exact) mass is 383 g/mol. The molecule has 8 nitrogen and oxygen atoms in total. The van der Waals surface area contributed by atoms with Gasteiger partial charge < -0.3 is 28.8 Å². The van der Waals surface area contributed by atoms with Crippen LogP contribution in [0, 0.1) is 0 Å². The fraction of sp³-hybridized carbons (Fsp3) is 0.300. The number of carbonyl (C=O) groups excluding carboxylic acids is 1. The van der Waals surface area contributed by atoms with Gasteiger partial charge in [-0.15, -0.1) is 0 Å². The van der Waals surface area contributed by atoms with E-state index in [2.05, 4.69) is 4.99 Å². The van der Waals surface area contributed by atoms with Crippen molar-refractivity contribution >= 4 is 11.7 Å². The van der Waals surface area contributed by atoms with Gasteiger partial charge in [0.1, 0.15) is 11.3 Å². The molecule has 0 unspecified atom stereocenters. The molecule has 144 valence electrons. The molecule has 3 aliphatic heterocycles. The number of hydrogen-bond acceptors (Lipinski definition) is 8. The molecule has 0 bridgehead atoms. The van der Waals surface area contributed by atoms with Crippen molar-refractivity contribution in [1.29, 1.82) is 0 Å². The minimum atomic E-state index is -2.03. The largest absolute Gasteiger partial charge is 0.493 e. The summed E-state index contributed by atoms with van der Waals surface area (Å²) in [5.74, 6) is -0.936. The number of rotatable bonds is 3. The Morgan fingerprint density at radius 1 is 1.14 bits per heavy atom. The Morgan fingerprint density at radius 3 is 2.68 bits per heavy atom. The minimum absolute atomic E-state index is 0.125. The fourth-order valence-electron chi connectivity index (χ4n) is 3.90.